The number of alkyl halides is 3. The monoisotopic (exact) mass is 278 g/mol. The van der Waals surface area contributed by atoms with E-state index in [0.29, 0.717) is 4.90 Å². The summed E-state index contributed by atoms with van der Waals surface area (Å²) >= 11 is 1.43. The molecule has 0 aliphatic heterocycles. The van der Waals surface area contributed by atoms with Crippen LogP contribution >= 0.6 is 11.8 Å². The summed E-state index contributed by atoms with van der Waals surface area (Å²) in [7, 11) is 0. The van der Waals surface area contributed by atoms with Gasteiger partial charge < -0.3 is 5.11 Å². The summed E-state index contributed by atoms with van der Waals surface area (Å²) in [6, 6.07) is 4.12. The quantitative estimate of drug-likeness (QED) is 0.611. The van der Waals surface area contributed by atoms with Gasteiger partial charge in [0.2, 0.25) is 0 Å². The highest BCUT2D eigenvalue weighted by molar-refractivity contribution is 7.99. The highest BCUT2D eigenvalue weighted by Gasteiger charge is 2.33. The van der Waals surface area contributed by atoms with Crippen LogP contribution in [0.25, 0.3) is 0 Å². The van der Waals surface area contributed by atoms with Crippen LogP contribution in [0.5, 0.6) is 0 Å². The standard InChI is InChI=1S/C13H17F3OS/c1-2-3-4-7-18-11-6-5-10(9-17)12(8-11)13(14,15)16/h5-6,8,17H,2-4,7,9H2,1H3. The summed E-state index contributed by atoms with van der Waals surface area (Å²) in [6.45, 7) is 1.50. The van der Waals surface area contributed by atoms with E-state index in [2.05, 4.69) is 6.92 Å². The molecule has 0 aliphatic carbocycles. The largest absolute Gasteiger partial charge is 0.416 e. The van der Waals surface area contributed by atoms with Crippen LogP contribution in [0.3, 0.4) is 0 Å². The molecule has 0 bridgehead atoms. The Kier molecular flexibility index (Phi) is 6.02. The third-order valence-corrected chi connectivity index (χ3v) is 3.65. The molecule has 0 radical (unpaired) electrons. The first-order chi connectivity index (χ1) is 8.49. The second-order valence-corrected chi connectivity index (χ2v) is 5.20. The van der Waals surface area contributed by atoms with E-state index in [0.717, 1.165) is 31.1 Å². The van der Waals surface area contributed by atoms with Crippen LogP contribution in [-0.4, -0.2) is 10.9 Å². The van der Waals surface area contributed by atoms with Crippen LogP contribution in [-0.2, 0) is 12.8 Å². The number of unbranched alkanes of at least 4 members (excludes halogenated alkanes) is 2. The Morgan fingerprint density at radius 1 is 1.22 bits per heavy atom. The molecule has 0 aliphatic rings. The van der Waals surface area contributed by atoms with E-state index >= 15 is 0 Å². The van der Waals surface area contributed by atoms with Crippen molar-refractivity contribution in [2.24, 2.45) is 0 Å². The molecular weight excluding hydrogens is 261 g/mol. The lowest BCUT2D eigenvalue weighted by atomic mass is 10.1. The topological polar surface area (TPSA) is 20.2 Å². The zero-order valence-corrected chi connectivity index (χ0v) is 11.1. The lowest BCUT2D eigenvalue weighted by molar-refractivity contribution is -0.138. The summed E-state index contributed by atoms with van der Waals surface area (Å²) < 4.78 is 38.2. The molecular formula is C13H17F3OS. The molecule has 1 rings (SSSR count). The SMILES string of the molecule is CCCCCSc1ccc(CO)c(C(F)(F)F)c1. The van der Waals surface area contributed by atoms with Gasteiger partial charge in [-0.3, -0.25) is 0 Å². The number of rotatable bonds is 6. The van der Waals surface area contributed by atoms with Crippen molar-refractivity contribution in [3.8, 4) is 0 Å². The molecule has 0 saturated carbocycles. The van der Waals surface area contributed by atoms with Crippen LogP contribution < -0.4 is 0 Å². The zero-order chi connectivity index (χ0) is 13.6. The molecule has 0 fully saturated rings. The number of aliphatic hydroxyl groups excluding tert-OH is 1. The highest BCUT2D eigenvalue weighted by atomic mass is 32.2. The van der Waals surface area contributed by atoms with Gasteiger partial charge in [0.25, 0.3) is 0 Å². The van der Waals surface area contributed by atoms with Crippen molar-refractivity contribution < 1.29 is 18.3 Å². The van der Waals surface area contributed by atoms with Crippen molar-refractivity contribution in [3.05, 3.63) is 29.3 Å². The first-order valence-corrected chi connectivity index (χ1v) is 6.91. The lowest BCUT2D eigenvalue weighted by Crippen LogP contribution is -2.09. The molecule has 5 heteroatoms. The van der Waals surface area contributed by atoms with E-state index in [9.17, 15) is 13.2 Å². The maximum atomic E-state index is 12.7. The summed E-state index contributed by atoms with van der Waals surface area (Å²) in [4.78, 5) is 0.607. The second-order valence-electron chi connectivity index (χ2n) is 4.03. The Hall–Kier alpha value is -0.680. The van der Waals surface area contributed by atoms with Gasteiger partial charge in [0, 0.05) is 4.90 Å². The van der Waals surface area contributed by atoms with Gasteiger partial charge in [-0.15, -0.1) is 11.8 Å². The molecule has 0 atom stereocenters. The summed E-state index contributed by atoms with van der Waals surface area (Å²) in [5.41, 5.74) is -0.800. The molecule has 1 aromatic carbocycles. The van der Waals surface area contributed by atoms with Gasteiger partial charge in [0.05, 0.1) is 12.2 Å². The first kappa shape index (κ1) is 15.4. The predicted octanol–water partition coefficient (Wildman–Crippen LogP) is 4.48. The molecule has 0 heterocycles. The molecule has 1 aromatic rings. The number of aliphatic hydroxyl groups is 1. The molecule has 1 nitrogen and oxygen atoms in total. The molecule has 0 aromatic heterocycles. The van der Waals surface area contributed by atoms with Gasteiger partial charge in [-0.25, -0.2) is 0 Å². The van der Waals surface area contributed by atoms with E-state index in [-0.39, 0.29) is 5.56 Å². The smallest absolute Gasteiger partial charge is 0.392 e. The first-order valence-electron chi connectivity index (χ1n) is 5.92. The van der Waals surface area contributed by atoms with E-state index in [1.54, 1.807) is 6.07 Å². The second kappa shape index (κ2) is 7.04. The van der Waals surface area contributed by atoms with Gasteiger partial charge in [0.1, 0.15) is 0 Å². The molecule has 102 valence electrons. The maximum Gasteiger partial charge on any atom is 0.416 e. The number of thioether (sulfide) groups is 1. The van der Waals surface area contributed by atoms with Gasteiger partial charge in [0.15, 0.2) is 0 Å². The number of hydrogen-bond donors (Lipinski definition) is 1. The van der Waals surface area contributed by atoms with Crippen molar-refractivity contribution in [1.82, 2.24) is 0 Å². The average Bonchev–Trinajstić information content (AvgIpc) is 2.33. The molecule has 0 saturated heterocycles. The van der Waals surface area contributed by atoms with Crippen molar-refractivity contribution in [2.75, 3.05) is 5.75 Å². The van der Waals surface area contributed by atoms with E-state index in [4.69, 9.17) is 5.11 Å². The van der Waals surface area contributed by atoms with Gasteiger partial charge in [-0.05, 0) is 29.9 Å². The van der Waals surface area contributed by atoms with Crippen LogP contribution in [0.1, 0.15) is 37.3 Å². The van der Waals surface area contributed by atoms with E-state index in [1.165, 1.54) is 17.8 Å². The number of benzene rings is 1. The summed E-state index contributed by atoms with van der Waals surface area (Å²) in [5, 5.41) is 8.91. The molecule has 0 amide bonds. The van der Waals surface area contributed by atoms with E-state index in [1.807, 2.05) is 0 Å². The normalized spacial score (nSPS) is 11.8. The van der Waals surface area contributed by atoms with E-state index < -0.39 is 18.3 Å². The fraction of sp³-hybridized carbons (Fsp3) is 0.538. The van der Waals surface area contributed by atoms with Crippen molar-refractivity contribution in [2.45, 2.75) is 43.9 Å². The van der Waals surface area contributed by atoms with Crippen molar-refractivity contribution in [3.63, 3.8) is 0 Å². The van der Waals surface area contributed by atoms with Crippen LogP contribution in [0.2, 0.25) is 0 Å². The Morgan fingerprint density at radius 3 is 2.50 bits per heavy atom. The minimum absolute atomic E-state index is 0.0691. The fourth-order valence-corrected chi connectivity index (χ4v) is 2.54. The third kappa shape index (κ3) is 4.53. The van der Waals surface area contributed by atoms with Gasteiger partial charge >= 0.3 is 6.18 Å². The predicted molar refractivity (Wildman–Crippen MR) is 67.6 cm³/mol. The van der Waals surface area contributed by atoms with Crippen molar-refractivity contribution >= 4 is 11.8 Å². The summed E-state index contributed by atoms with van der Waals surface area (Å²) in [6.07, 6.45) is -1.21. The average molecular weight is 278 g/mol. The minimum atomic E-state index is -4.40. The lowest BCUT2D eigenvalue weighted by Gasteiger charge is -2.13. The van der Waals surface area contributed by atoms with Gasteiger partial charge in [-0.2, -0.15) is 13.2 Å². The number of hydrogen-bond acceptors (Lipinski definition) is 2. The molecule has 1 N–H and O–H groups in total. The van der Waals surface area contributed by atoms with Crippen molar-refractivity contribution in [1.29, 1.82) is 0 Å². The molecule has 0 unspecified atom stereocenters. The van der Waals surface area contributed by atoms with Crippen LogP contribution in [0.15, 0.2) is 23.1 Å². The number of halogens is 3. The third-order valence-electron chi connectivity index (χ3n) is 2.57. The Balaban J connectivity index is 2.77. The fourth-order valence-electron chi connectivity index (χ4n) is 1.59. The van der Waals surface area contributed by atoms with Crippen LogP contribution in [0.4, 0.5) is 13.2 Å². The summed E-state index contributed by atoms with van der Waals surface area (Å²) in [5.74, 6) is 0.823. The maximum absolute atomic E-state index is 12.7. The van der Waals surface area contributed by atoms with Crippen LogP contribution in [0, 0.1) is 0 Å². The minimum Gasteiger partial charge on any atom is -0.392 e. The highest BCUT2D eigenvalue weighted by Crippen LogP contribution is 2.35. The Labute approximate surface area is 109 Å². The Morgan fingerprint density at radius 2 is 1.94 bits per heavy atom. The van der Waals surface area contributed by atoms with Gasteiger partial charge in [-0.1, -0.05) is 25.8 Å². The Bertz CT molecular complexity index is 377. The molecule has 18 heavy (non-hydrogen) atoms. The molecule has 0 spiro atoms. The zero-order valence-electron chi connectivity index (χ0n) is 10.3.